The first-order valence-electron chi connectivity index (χ1n) is 8.14. The monoisotopic (exact) mass is 366 g/mol. The van der Waals surface area contributed by atoms with Crippen LogP contribution in [0.4, 0.5) is 5.69 Å². The Morgan fingerprint density at radius 1 is 1.08 bits per heavy atom. The van der Waals surface area contributed by atoms with Crippen molar-refractivity contribution in [2.75, 3.05) is 12.8 Å². The van der Waals surface area contributed by atoms with Crippen LogP contribution in [0.25, 0.3) is 32.4 Å². The van der Waals surface area contributed by atoms with Crippen LogP contribution in [-0.4, -0.2) is 22.2 Å². The highest BCUT2D eigenvalue weighted by Gasteiger charge is 2.22. The van der Waals surface area contributed by atoms with Gasteiger partial charge in [-0.15, -0.1) is 11.3 Å². The van der Waals surface area contributed by atoms with E-state index in [1.165, 1.54) is 11.3 Å². The van der Waals surface area contributed by atoms with E-state index in [9.17, 15) is 0 Å². The summed E-state index contributed by atoms with van der Waals surface area (Å²) in [4.78, 5) is 10.8. The number of rotatable bonds is 3. The van der Waals surface area contributed by atoms with Crippen LogP contribution >= 0.6 is 11.3 Å². The Kier molecular flexibility index (Phi) is 3.88. The molecular weight excluding hydrogens is 348 g/mol. The Morgan fingerprint density at radius 3 is 2.62 bits per heavy atom. The summed E-state index contributed by atoms with van der Waals surface area (Å²) < 4.78 is 10.9. The van der Waals surface area contributed by atoms with Gasteiger partial charge in [0.05, 0.1) is 18.4 Å². The minimum Gasteiger partial charge on any atom is -0.496 e. The van der Waals surface area contributed by atoms with Crippen molar-refractivity contribution < 1.29 is 9.26 Å². The molecule has 0 spiro atoms. The average Bonchev–Trinajstić information content (AvgIpc) is 3.24. The van der Waals surface area contributed by atoms with Crippen molar-refractivity contribution in [3.63, 3.8) is 0 Å². The number of fused-ring (bicyclic) bond motifs is 1. The summed E-state index contributed by atoms with van der Waals surface area (Å²) in [6, 6.07) is 7.55. The third-order valence-corrected chi connectivity index (χ3v) is 5.73. The summed E-state index contributed by atoms with van der Waals surface area (Å²) in [5.41, 5.74) is 11.1. The molecule has 1 aromatic carbocycles. The number of nitrogens with two attached hydrogens (primary N) is 1. The largest absolute Gasteiger partial charge is 0.496 e. The van der Waals surface area contributed by atoms with E-state index in [0.29, 0.717) is 23.2 Å². The Morgan fingerprint density at radius 2 is 1.85 bits per heavy atom. The molecule has 0 atom stereocenters. The van der Waals surface area contributed by atoms with Gasteiger partial charge in [-0.1, -0.05) is 17.3 Å². The average molecular weight is 366 g/mol. The highest BCUT2D eigenvalue weighted by Crippen LogP contribution is 2.42. The molecule has 3 aromatic heterocycles. The zero-order valence-corrected chi connectivity index (χ0v) is 15.8. The van der Waals surface area contributed by atoms with Crippen molar-refractivity contribution in [1.82, 2.24) is 15.1 Å². The van der Waals surface area contributed by atoms with Gasteiger partial charge >= 0.3 is 0 Å². The van der Waals surface area contributed by atoms with E-state index in [1.54, 1.807) is 7.11 Å². The van der Waals surface area contributed by atoms with E-state index in [2.05, 4.69) is 29.0 Å². The number of para-hydroxylation sites is 1. The molecule has 0 aliphatic carbocycles. The summed E-state index contributed by atoms with van der Waals surface area (Å²) >= 11 is 1.47. The van der Waals surface area contributed by atoms with Gasteiger partial charge in [0.1, 0.15) is 15.5 Å². The van der Waals surface area contributed by atoms with Gasteiger partial charge in [-0.3, -0.25) is 0 Å². The Bertz CT molecular complexity index is 1130. The van der Waals surface area contributed by atoms with Gasteiger partial charge in [-0.25, -0.2) is 4.98 Å². The predicted octanol–water partition coefficient (Wildman–Crippen LogP) is 4.53. The molecule has 26 heavy (non-hydrogen) atoms. The van der Waals surface area contributed by atoms with Crippen LogP contribution in [0.1, 0.15) is 16.8 Å². The second kappa shape index (κ2) is 6.10. The minimum absolute atomic E-state index is 0.390. The van der Waals surface area contributed by atoms with Gasteiger partial charge in [-0.2, -0.15) is 4.98 Å². The molecule has 132 valence electrons. The van der Waals surface area contributed by atoms with E-state index < -0.39 is 0 Å². The summed E-state index contributed by atoms with van der Waals surface area (Å²) in [5, 5.41) is 5.07. The molecule has 0 aliphatic rings. The zero-order chi connectivity index (χ0) is 18.4. The highest BCUT2D eigenvalue weighted by atomic mass is 32.1. The number of thiophene rings is 1. The third kappa shape index (κ3) is 2.43. The topological polar surface area (TPSA) is 87.1 Å². The number of benzene rings is 1. The third-order valence-electron chi connectivity index (χ3n) is 4.64. The number of aryl methyl sites for hydroxylation is 2. The van der Waals surface area contributed by atoms with Crippen molar-refractivity contribution in [3.8, 4) is 27.9 Å². The van der Waals surface area contributed by atoms with E-state index in [-0.39, 0.29) is 0 Å². The molecule has 4 aromatic rings. The highest BCUT2D eigenvalue weighted by molar-refractivity contribution is 7.22. The number of hydrogen-bond donors (Lipinski definition) is 1. The fourth-order valence-corrected chi connectivity index (χ4v) is 4.10. The summed E-state index contributed by atoms with van der Waals surface area (Å²) in [6.45, 7) is 6.12. The van der Waals surface area contributed by atoms with Crippen molar-refractivity contribution in [3.05, 3.63) is 41.1 Å². The molecule has 6 nitrogen and oxygen atoms in total. The molecule has 3 heterocycles. The molecule has 0 saturated heterocycles. The molecule has 4 rings (SSSR count). The molecule has 0 bridgehead atoms. The number of hydrogen-bond acceptors (Lipinski definition) is 7. The number of nitrogen functional groups attached to an aromatic ring is 1. The van der Waals surface area contributed by atoms with E-state index in [0.717, 1.165) is 37.5 Å². The fourth-order valence-electron chi connectivity index (χ4n) is 2.98. The number of methoxy groups -OCH3 is 1. The molecule has 7 heteroatoms. The van der Waals surface area contributed by atoms with Crippen molar-refractivity contribution in [2.24, 2.45) is 0 Å². The quantitative estimate of drug-likeness (QED) is 0.573. The first-order chi connectivity index (χ1) is 12.5. The first kappa shape index (κ1) is 16.5. The maximum Gasteiger partial charge on any atom is 0.270 e. The van der Waals surface area contributed by atoms with Crippen molar-refractivity contribution >= 4 is 27.2 Å². The lowest BCUT2D eigenvalue weighted by atomic mass is 10.1. The summed E-state index contributed by atoms with van der Waals surface area (Å²) in [5.74, 6) is 1.54. The minimum atomic E-state index is 0.390. The lowest BCUT2D eigenvalue weighted by Crippen LogP contribution is -1.93. The maximum atomic E-state index is 6.41. The van der Waals surface area contributed by atoms with Crippen LogP contribution < -0.4 is 10.5 Å². The van der Waals surface area contributed by atoms with E-state index in [4.69, 9.17) is 15.0 Å². The number of anilines is 1. The van der Waals surface area contributed by atoms with Crippen molar-refractivity contribution in [2.45, 2.75) is 20.8 Å². The smallest absolute Gasteiger partial charge is 0.270 e. The molecule has 0 fully saturated rings. The maximum absolute atomic E-state index is 6.41. The van der Waals surface area contributed by atoms with Crippen LogP contribution in [-0.2, 0) is 0 Å². The Balaban J connectivity index is 1.86. The summed E-state index contributed by atoms with van der Waals surface area (Å²) in [6.07, 6.45) is 0. The molecular formula is C19H18N4O2S. The number of aromatic nitrogens is 3. The first-order valence-corrected chi connectivity index (χ1v) is 8.96. The van der Waals surface area contributed by atoms with Crippen LogP contribution in [0.3, 0.4) is 0 Å². The van der Waals surface area contributed by atoms with Gasteiger partial charge < -0.3 is 15.0 Å². The Hall–Kier alpha value is -2.93. The Labute approximate surface area is 154 Å². The molecule has 2 N–H and O–H groups in total. The van der Waals surface area contributed by atoms with Crippen LogP contribution in [0.15, 0.2) is 28.8 Å². The van der Waals surface area contributed by atoms with E-state index in [1.807, 2.05) is 31.2 Å². The standard InChI is InChI=1S/C19H18N4O2S/c1-9-10(2)14-15(20)16(26-19(14)21-11(9)3)18-22-17(23-25-18)12-7-5-6-8-13(12)24-4/h5-8H,20H2,1-4H3. The van der Waals surface area contributed by atoms with E-state index >= 15 is 0 Å². The molecule has 0 aliphatic heterocycles. The van der Waals surface area contributed by atoms with Crippen molar-refractivity contribution in [1.29, 1.82) is 0 Å². The van der Waals surface area contributed by atoms with Crippen LogP contribution in [0.2, 0.25) is 0 Å². The normalized spacial score (nSPS) is 11.2. The second-order valence-corrected chi connectivity index (χ2v) is 7.09. The number of pyridine rings is 1. The molecule has 0 saturated carbocycles. The van der Waals surface area contributed by atoms with Gasteiger partial charge in [0.15, 0.2) is 0 Å². The van der Waals surface area contributed by atoms with Gasteiger partial charge in [0.2, 0.25) is 5.82 Å². The second-order valence-electron chi connectivity index (χ2n) is 6.10. The fraction of sp³-hybridized carbons (Fsp3) is 0.211. The molecule has 0 radical (unpaired) electrons. The lowest BCUT2D eigenvalue weighted by molar-refractivity contribution is 0.413. The SMILES string of the molecule is COc1ccccc1-c1noc(-c2sc3nc(C)c(C)c(C)c3c2N)n1. The van der Waals surface area contributed by atoms with Gasteiger partial charge in [0, 0.05) is 11.1 Å². The van der Waals surface area contributed by atoms with Gasteiger partial charge in [-0.05, 0) is 44.0 Å². The number of ether oxygens (including phenoxy) is 1. The summed E-state index contributed by atoms with van der Waals surface area (Å²) in [7, 11) is 1.61. The van der Waals surface area contributed by atoms with Crippen LogP contribution in [0, 0.1) is 20.8 Å². The number of nitrogens with zero attached hydrogens (tertiary/aromatic N) is 3. The molecule has 0 unspecified atom stereocenters. The predicted molar refractivity (Wildman–Crippen MR) is 104 cm³/mol. The molecule has 0 amide bonds. The van der Waals surface area contributed by atoms with Gasteiger partial charge in [0.25, 0.3) is 5.89 Å². The zero-order valence-electron chi connectivity index (χ0n) is 15.0. The van der Waals surface area contributed by atoms with Crippen LogP contribution in [0.5, 0.6) is 5.75 Å². The lowest BCUT2D eigenvalue weighted by Gasteiger charge is -2.05.